The van der Waals surface area contributed by atoms with Gasteiger partial charge in [0, 0.05) is 34.1 Å². The van der Waals surface area contributed by atoms with Crippen LogP contribution in [0, 0.1) is 20.8 Å². The highest BCUT2D eigenvalue weighted by Crippen LogP contribution is 2.55. The molecular formula is C55H54N2. The molecule has 1 aliphatic rings. The van der Waals surface area contributed by atoms with E-state index in [-0.39, 0.29) is 0 Å². The van der Waals surface area contributed by atoms with Crippen molar-refractivity contribution in [1.29, 1.82) is 0 Å². The third kappa shape index (κ3) is 8.04. The van der Waals surface area contributed by atoms with Crippen LogP contribution in [-0.4, -0.2) is 0 Å². The molecule has 0 atom stereocenters. The molecule has 57 heavy (non-hydrogen) atoms. The predicted molar refractivity (Wildman–Crippen MR) is 248 cm³/mol. The third-order valence-corrected chi connectivity index (χ3v) is 10.7. The van der Waals surface area contributed by atoms with Crippen LogP contribution in [0.15, 0.2) is 230 Å². The van der Waals surface area contributed by atoms with Gasteiger partial charge >= 0.3 is 0 Å². The SMILES string of the molecule is C=C/C=C\C1=C(C)C(C)=C(/C=C\C=C)C1(c1ccc(N(/C(C=C)=C/C(=C)C)c2cccc(C)c2)cc1)c1ccc(N(c2cccc(C)c2)c2cccc(C)c2)cc1. The van der Waals surface area contributed by atoms with Gasteiger partial charge in [-0.15, -0.1) is 0 Å². The summed E-state index contributed by atoms with van der Waals surface area (Å²) in [6.45, 7) is 29.4. The standard InChI is InChI=1S/C55H54N2/c1-11-14-25-53-43(9)44(10)54(26-15-12-2)55(53,45-27-31-48(32-28-45)56(47(13-3)35-39(4)5)50-22-16-19-40(6)36-50)46-29-33-49(34-30-46)57(51-23-17-20-41(7)37-51)52-24-18-21-42(8)38-52/h11-38H,1-4H2,5-10H3/b25-14-,26-15-,47-35+. The van der Waals surface area contributed by atoms with E-state index in [4.69, 9.17) is 0 Å². The van der Waals surface area contributed by atoms with Crippen molar-refractivity contribution in [3.8, 4) is 0 Å². The molecule has 1 aliphatic carbocycles. The van der Waals surface area contributed by atoms with Gasteiger partial charge in [-0.3, -0.25) is 0 Å². The Balaban J connectivity index is 1.60. The highest BCUT2D eigenvalue weighted by Gasteiger charge is 2.45. The molecule has 0 saturated carbocycles. The first-order valence-electron chi connectivity index (χ1n) is 19.6. The maximum Gasteiger partial charge on any atom is 0.0706 e. The molecule has 0 aromatic heterocycles. The number of aryl methyl sites for hydroxylation is 3. The van der Waals surface area contributed by atoms with Crippen LogP contribution >= 0.6 is 0 Å². The Hall–Kier alpha value is -6.64. The Kier molecular flexibility index (Phi) is 12.2. The quantitative estimate of drug-likeness (QED) is 0.105. The van der Waals surface area contributed by atoms with Crippen LogP contribution in [0.2, 0.25) is 0 Å². The lowest BCUT2D eigenvalue weighted by Crippen LogP contribution is -2.30. The summed E-state index contributed by atoms with van der Waals surface area (Å²) < 4.78 is 0. The van der Waals surface area contributed by atoms with E-state index in [1.807, 2.05) is 25.2 Å². The van der Waals surface area contributed by atoms with Crippen LogP contribution in [0.4, 0.5) is 28.4 Å². The summed E-state index contributed by atoms with van der Waals surface area (Å²) in [6.07, 6.45) is 16.3. The average Bonchev–Trinajstić information content (AvgIpc) is 3.41. The van der Waals surface area contributed by atoms with Crippen LogP contribution in [-0.2, 0) is 5.41 Å². The first kappa shape index (κ1) is 40.0. The molecule has 2 nitrogen and oxygen atoms in total. The molecular weight excluding hydrogens is 689 g/mol. The lowest BCUT2D eigenvalue weighted by atomic mass is 9.65. The van der Waals surface area contributed by atoms with Crippen molar-refractivity contribution >= 4 is 28.4 Å². The van der Waals surface area contributed by atoms with E-state index in [1.165, 1.54) is 44.5 Å². The van der Waals surface area contributed by atoms with Crippen LogP contribution < -0.4 is 9.80 Å². The van der Waals surface area contributed by atoms with Gasteiger partial charge in [-0.1, -0.05) is 129 Å². The summed E-state index contributed by atoms with van der Waals surface area (Å²) in [7, 11) is 0. The topological polar surface area (TPSA) is 6.48 Å². The molecule has 0 fully saturated rings. The minimum Gasteiger partial charge on any atom is -0.311 e. The van der Waals surface area contributed by atoms with Crippen molar-refractivity contribution in [3.63, 3.8) is 0 Å². The zero-order chi connectivity index (χ0) is 40.7. The lowest BCUT2D eigenvalue weighted by molar-refractivity contribution is 0.753. The Bertz CT molecular complexity index is 2390. The van der Waals surface area contributed by atoms with Crippen LogP contribution in [0.25, 0.3) is 0 Å². The first-order chi connectivity index (χ1) is 27.5. The fourth-order valence-electron chi connectivity index (χ4n) is 8.11. The average molecular weight is 743 g/mol. The predicted octanol–water partition coefficient (Wildman–Crippen LogP) is 15.3. The molecule has 0 heterocycles. The van der Waals surface area contributed by atoms with Gasteiger partial charge < -0.3 is 9.80 Å². The molecule has 0 spiro atoms. The summed E-state index contributed by atoms with van der Waals surface area (Å²) in [5, 5.41) is 0. The van der Waals surface area contributed by atoms with Crippen LogP contribution in [0.5, 0.6) is 0 Å². The number of allylic oxidation sites excluding steroid dienone is 13. The zero-order valence-electron chi connectivity index (χ0n) is 34.4. The first-order valence-corrected chi connectivity index (χ1v) is 19.6. The molecule has 0 unspecified atom stereocenters. The van der Waals surface area contributed by atoms with Gasteiger partial charge in [-0.2, -0.15) is 0 Å². The summed E-state index contributed by atoms with van der Waals surface area (Å²) in [5.41, 5.74) is 17.5. The van der Waals surface area contributed by atoms with E-state index >= 15 is 0 Å². The van der Waals surface area contributed by atoms with Gasteiger partial charge in [0.2, 0.25) is 0 Å². The number of nitrogens with zero attached hydrogens (tertiary/aromatic N) is 2. The van der Waals surface area contributed by atoms with E-state index in [9.17, 15) is 0 Å². The van der Waals surface area contributed by atoms with Crippen molar-refractivity contribution in [1.82, 2.24) is 0 Å². The van der Waals surface area contributed by atoms with Crippen molar-refractivity contribution in [2.45, 2.75) is 47.0 Å². The number of hydrogen-bond donors (Lipinski definition) is 0. The Morgan fingerprint density at radius 1 is 0.526 bits per heavy atom. The Labute approximate surface area is 341 Å². The van der Waals surface area contributed by atoms with Gasteiger partial charge in [0.25, 0.3) is 0 Å². The molecule has 0 N–H and O–H groups in total. The van der Waals surface area contributed by atoms with Crippen LogP contribution in [0.1, 0.15) is 48.6 Å². The maximum atomic E-state index is 4.20. The van der Waals surface area contributed by atoms with Crippen molar-refractivity contribution in [2.75, 3.05) is 9.80 Å². The van der Waals surface area contributed by atoms with E-state index < -0.39 is 5.41 Å². The highest BCUT2D eigenvalue weighted by molar-refractivity contribution is 5.79. The number of anilines is 5. The molecule has 5 aromatic rings. The second-order valence-electron chi connectivity index (χ2n) is 14.9. The highest BCUT2D eigenvalue weighted by atomic mass is 15.1. The normalized spacial score (nSPS) is 14.0. The van der Waals surface area contributed by atoms with E-state index in [0.717, 1.165) is 45.3 Å². The zero-order valence-corrected chi connectivity index (χ0v) is 34.4. The number of benzene rings is 5. The third-order valence-electron chi connectivity index (χ3n) is 10.7. The molecule has 0 bridgehead atoms. The van der Waals surface area contributed by atoms with Crippen molar-refractivity contribution in [3.05, 3.63) is 258 Å². The minimum atomic E-state index is -0.634. The molecule has 0 radical (unpaired) electrons. The van der Waals surface area contributed by atoms with E-state index in [1.54, 1.807) is 0 Å². The molecule has 6 rings (SSSR count). The Morgan fingerprint density at radius 3 is 1.35 bits per heavy atom. The fraction of sp³-hybridized carbons (Fsp3) is 0.127. The monoisotopic (exact) mass is 742 g/mol. The van der Waals surface area contributed by atoms with Gasteiger partial charge in [0.15, 0.2) is 0 Å². The molecule has 2 heteroatoms. The molecule has 0 saturated heterocycles. The largest absolute Gasteiger partial charge is 0.311 e. The van der Waals surface area contributed by atoms with E-state index in [2.05, 4.69) is 222 Å². The van der Waals surface area contributed by atoms with Gasteiger partial charge in [0.1, 0.15) is 0 Å². The second kappa shape index (κ2) is 17.4. The van der Waals surface area contributed by atoms with Gasteiger partial charge in [-0.05, 0) is 164 Å². The van der Waals surface area contributed by atoms with E-state index in [0.29, 0.717) is 0 Å². The van der Waals surface area contributed by atoms with Gasteiger partial charge in [0.05, 0.1) is 5.41 Å². The smallest absolute Gasteiger partial charge is 0.0706 e. The van der Waals surface area contributed by atoms with Crippen molar-refractivity contribution in [2.24, 2.45) is 0 Å². The van der Waals surface area contributed by atoms with Gasteiger partial charge in [-0.25, -0.2) is 0 Å². The molecule has 0 aliphatic heterocycles. The summed E-state index contributed by atoms with van der Waals surface area (Å²) >= 11 is 0. The second-order valence-corrected chi connectivity index (χ2v) is 14.9. The molecule has 5 aromatic carbocycles. The number of rotatable bonds is 14. The summed E-state index contributed by atoms with van der Waals surface area (Å²) in [5.74, 6) is 0. The van der Waals surface area contributed by atoms with Crippen LogP contribution in [0.3, 0.4) is 0 Å². The fourth-order valence-corrected chi connectivity index (χ4v) is 8.11. The van der Waals surface area contributed by atoms with Crippen molar-refractivity contribution < 1.29 is 0 Å². The number of hydrogen-bond acceptors (Lipinski definition) is 2. The summed E-state index contributed by atoms with van der Waals surface area (Å²) in [6, 6.07) is 44.1. The Morgan fingerprint density at radius 2 is 0.947 bits per heavy atom. The molecule has 0 amide bonds. The minimum absolute atomic E-state index is 0.634. The summed E-state index contributed by atoms with van der Waals surface area (Å²) in [4.78, 5) is 4.59. The maximum absolute atomic E-state index is 4.20. The molecule has 284 valence electrons. The lowest BCUT2D eigenvalue weighted by Gasteiger charge is -2.37.